The summed E-state index contributed by atoms with van der Waals surface area (Å²) in [6.07, 6.45) is 4.93. The normalized spacial score (nSPS) is 16.5. The summed E-state index contributed by atoms with van der Waals surface area (Å²) >= 11 is 1.67. The Labute approximate surface area is 195 Å². The van der Waals surface area contributed by atoms with Gasteiger partial charge < -0.3 is 0 Å². The summed E-state index contributed by atoms with van der Waals surface area (Å²) in [6.45, 7) is 2.07. The monoisotopic (exact) mass is 474 g/mol. The lowest BCUT2D eigenvalue weighted by atomic mass is 9.93. The molecule has 4 aromatic heterocycles. The van der Waals surface area contributed by atoms with Gasteiger partial charge in [0, 0.05) is 39.1 Å². The first kappa shape index (κ1) is 20.5. The van der Waals surface area contributed by atoms with Gasteiger partial charge in [-0.15, -0.1) is 11.3 Å². The van der Waals surface area contributed by atoms with Gasteiger partial charge in [0.1, 0.15) is 9.84 Å². The van der Waals surface area contributed by atoms with Gasteiger partial charge in [0.15, 0.2) is 5.65 Å². The molecule has 6 rings (SSSR count). The molecule has 1 saturated heterocycles. The highest BCUT2D eigenvalue weighted by atomic mass is 32.2. The van der Waals surface area contributed by atoms with Crippen LogP contribution in [0.3, 0.4) is 0 Å². The van der Waals surface area contributed by atoms with Gasteiger partial charge in [0.25, 0.3) is 0 Å². The second-order valence-corrected chi connectivity index (χ2v) is 11.8. The highest BCUT2D eigenvalue weighted by Crippen LogP contribution is 2.40. The number of thiophene rings is 1. The van der Waals surface area contributed by atoms with E-state index >= 15 is 0 Å². The Hall–Kier alpha value is -3.10. The lowest BCUT2D eigenvalue weighted by Gasteiger charge is -2.24. The van der Waals surface area contributed by atoms with Crippen molar-refractivity contribution in [2.24, 2.45) is 0 Å². The van der Waals surface area contributed by atoms with Crippen LogP contribution >= 0.6 is 11.3 Å². The van der Waals surface area contributed by atoms with Gasteiger partial charge in [-0.1, -0.05) is 24.3 Å². The van der Waals surface area contributed by atoms with Gasteiger partial charge in [0.05, 0.1) is 34.6 Å². The number of benzene rings is 1. The van der Waals surface area contributed by atoms with Gasteiger partial charge in [-0.05, 0) is 43.3 Å². The quantitative estimate of drug-likeness (QED) is 0.356. The molecular formula is C25H22N4O2S2. The van der Waals surface area contributed by atoms with E-state index in [9.17, 15) is 8.42 Å². The minimum Gasteiger partial charge on any atom is -0.256 e. The average Bonchev–Trinajstić information content (AvgIpc) is 3.49. The molecule has 1 aromatic carbocycles. The Kier molecular flexibility index (Phi) is 4.81. The zero-order chi connectivity index (χ0) is 22.6. The Morgan fingerprint density at radius 2 is 1.88 bits per heavy atom. The third kappa shape index (κ3) is 3.54. The van der Waals surface area contributed by atoms with E-state index in [0.29, 0.717) is 12.8 Å². The number of aromatic nitrogens is 4. The molecule has 8 heteroatoms. The molecule has 5 aromatic rings. The molecule has 0 atom stereocenters. The maximum Gasteiger partial charge on any atom is 0.163 e. The Balaban J connectivity index is 1.56. The molecule has 0 spiro atoms. The smallest absolute Gasteiger partial charge is 0.163 e. The van der Waals surface area contributed by atoms with Crippen molar-refractivity contribution in [2.75, 3.05) is 11.5 Å². The molecular weight excluding hydrogens is 452 g/mol. The third-order valence-electron chi connectivity index (χ3n) is 6.52. The van der Waals surface area contributed by atoms with E-state index in [-0.39, 0.29) is 17.4 Å². The van der Waals surface area contributed by atoms with Crippen molar-refractivity contribution in [3.63, 3.8) is 0 Å². The number of nitrogens with zero attached hydrogens (tertiary/aromatic N) is 4. The Bertz CT molecular complexity index is 1590. The van der Waals surface area contributed by atoms with Gasteiger partial charge in [0.2, 0.25) is 0 Å². The lowest BCUT2D eigenvalue weighted by molar-refractivity contribution is 0.545. The second kappa shape index (κ2) is 7.74. The topological polar surface area (TPSA) is 77.2 Å². The van der Waals surface area contributed by atoms with Crippen molar-refractivity contribution in [3.05, 3.63) is 71.6 Å². The molecule has 0 radical (unpaired) electrons. The van der Waals surface area contributed by atoms with Crippen LogP contribution in [0.5, 0.6) is 0 Å². The summed E-state index contributed by atoms with van der Waals surface area (Å²) in [5.74, 6) is 0.536. The van der Waals surface area contributed by atoms with E-state index in [1.165, 1.54) is 0 Å². The van der Waals surface area contributed by atoms with E-state index < -0.39 is 9.84 Å². The molecule has 0 saturated carbocycles. The fourth-order valence-electron chi connectivity index (χ4n) is 4.76. The highest BCUT2D eigenvalue weighted by Gasteiger charge is 2.30. The minimum absolute atomic E-state index is 0.104. The van der Waals surface area contributed by atoms with Crippen LogP contribution in [0.4, 0.5) is 0 Å². The van der Waals surface area contributed by atoms with Crippen molar-refractivity contribution in [2.45, 2.75) is 25.7 Å². The van der Waals surface area contributed by atoms with Crippen LogP contribution in [0.25, 0.3) is 38.1 Å². The second-order valence-electron chi connectivity index (χ2n) is 8.57. The number of fused-ring (bicyclic) bond motifs is 2. The molecule has 0 aliphatic carbocycles. The van der Waals surface area contributed by atoms with E-state index in [1.807, 2.05) is 41.2 Å². The number of para-hydroxylation sites is 1. The van der Waals surface area contributed by atoms with Crippen LogP contribution in [-0.4, -0.2) is 39.5 Å². The third-order valence-corrected chi connectivity index (χ3v) is 9.12. The summed E-state index contributed by atoms with van der Waals surface area (Å²) < 4.78 is 26.1. The largest absolute Gasteiger partial charge is 0.256 e. The van der Waals surface area contributed by atoms with Gasteiger partial charge in [-0.25, -0.2) is 17.9 Å². The van der Waals surface area contributed by atoms with Gasteiger partial charge in [-0.2, -0.15) is 5.10 Å². The van der Waals surface area contributed by atoms with Crippen LogP contribution in [0, 0.1) is 6.92 Å². The van der Waals surface area contributed by atoms with E-state index in [2.05, 4.69) is 40.6 Å². The molecule has 1 fully saturated rings. The molecule has 1 aliphatic rings. The van der Waals surface area contributed by atoms with Crippen LogP contribution in [-0.2, 0) is 9.84 Å². The highest BCUT2D eigenvalue weighted by molar-refractivity contribution is 7.91. The van der Waals surface area contributed by atoms with Crippen LogP contribution in [0.15, 0.2) is 60.2 Å². The molecule has 0 unspecified atom stereocenters. The first-order chi connectivity index (χ1) is 16.0. The fraction of sp³-hybridized carbons (Fsp3) is 0.240. The van der Waals surface area contributed by atoms with Crippen LogP contribution in [0.1, 0.15) is 30.1 Å². The van der Waals surface area contributed by atoms with Crippen molar-refractivity contribution >= 4 is 37.7 Å². The zero-order valence-corrected chi connectivity index (χ0v) is 19.7. The molecule has 1 aliphatic heterocycles. The number of rotatable bonds is 3. The zero-order valence-electron chi connectivity index (χ0n) is 18.1. The molecule has 0 N–H and O–H groups in total. The average molecular weight is 475 g/mol. The Morgan fingerprint density at radius 3 is 2.67 bits per heavy atom. The minimum atomic E-state index is -2.96. The maximum atomic E-state index is 12.1. The van der Waals surface area contributed by atoms with Crippen molar-refractivity contribution in [1.82, 2.24) is 19.6 Å². The summed E-state index contributed by atoms with van der Waals surface area (Å²) in [5.41, 5.74) is 6.71. The number of sulfone groups is 1. The van der Waals surface area contributed by atoms with Gasteiger partial charge >= 0.3 is 0 Å². The predicted molar refractivity (Wildman–Crippen MR) is 132 cm³/mol. The number of hydrogen-bond acceptors (Lipinski definition) is 6. The summed E-state index contributed by atoms with van der Waals surface area (Å²) in [6, 6.07) is 14.3. The molecule has 5 heterocycles. The SMILES string of the molecule is Cc1c(-c2cccs2)c(C2CCS(=O)(=O)CC2)nc2c(-c3cnc4ccccc4c3)cnn12. The lowest BCUT2D eigenvalue weighted by Crippen LogP contribution is -2.23. The van der Waals surface area contributed by atoms with Crippen LogP contribution < -0.4 is 0 Å². The fourth-order valence-corrected chi connectivity index (χ4v) is 7.08. The standard InChI is InChI=1S/C25H22N4O2S2/c1-16-23(22-7-4-10-32-22)24(17-8-11-33(30,31)12-9-17)28-25-20(15-27-29(16)25)19-13-18-5-2-3-6-21(18)26-14-19/h2-7,10,13-15,17H,8-9,11-12H2,1H3. The van der Waals surface area contributed by atoms with E-state index in [4.69, 9.17) is 4.98 Å². The number of hydrogen-bond donors (Lipinski definition) is 0. The van der Waals surface area contributed by atoms with Crippen molar-refractivity contribution < 1.29 is 8.42 Å². The molecule has 6 nitrogen and oxygen atoms in total. The van der Waals surface area contributed by atoms with Crippen LogP contribution in [0.2, 0.25) is 0 Å². The molecule has 166 valence electrons. The van der Waals surface area contributed by atoms with Crippen molar-refractivity contribution in [3.8, 4) is 21.6 Å². The molecule has 0 bridgehead atoms. The van der Waals surface area contributed by atoms with Gasteiger partial charge in [-0.3, -0.25) is 4.98 Å². The maximum absolute atomic E-state index is 12.1. The summed E-state index contributed by atoms with van der Waals surface area (Å²) in [4.78, 5) is 10.9. The Morgan fingerprint density at radius 1 is 1.06 bits per heavy atom. The van der Waals surface area contributed by atoms with E-state index in [1.54, 1.807) is 11.3 Å². The first-order valence-electron chi connectivity index (χ1n) is 11.0. The van der Waals surface area contributed by atoms with Crippen molar-refractivity contribution in [1.29, 1.82) is 0 Å². The molecule has 33 heavy (non-hydrogen) atoms. The first-order valence-corrected chi connectivity index (χ1v) is 13.7. The van der Waals surface area contributed by atoms with E-state index in [0.717, 1.165) is 49.5 Å². The predicted octanol–water partition coefficient (Wildman–Crippen LogP) is 5.27. The molecule has 0 amide bonds. The summed E-state index contributed by atoms with van der Waals surface area (Å²) in [5, 5.41) is 7.82. The summed E-state index contributed by atoms with van der Waals surface area (Å²) in [7, 11) is -2.96. The number of pyridine rings is 1. The number of aryl methyl sites for hydroxylation is 1.